The topological polar surface area (TPSA) is 141 Å². The van der Waals surface area contributed by atoms with E-state index in [1.54, 1.807) is 41.9 Å². The van der Waals surface area contributed by atoms with E-state index in [9.17, 15) is 14.4 Å². The first-order valence-electron chi connectivity index (χ1n) is 10.9. The van der Waals surface area contributed by atoms with Crippen LogP contribution in [0.3, 0.4) is 0 Å². The molecule has 4 aromatic heterocycles. The monoisotopic (exact) mass is 479 g/mol. The molecule has 2 aromatic carbocycles. The van der Waals surface area contributed by atoms with Gasteiger partial charge in [0.2, 0.25) is 5.95 Å². The van der Waals surface area contributed by atoms with Gasteiger partial charge in [-0.25, -0.2) is 4.68 Å². The Labute approximate surface area is 201 Å². The second kappa shape index (κ2) is 8.17. The largest absolute Gasteiger partial charge is 0.451 e. The number of aromatic nitrogens is 6. The molecule has 36 heavy (non-hydrogen) atoms. The lowest BCUT2D eigenvalue weighted by Gasteiger charge is -2.09. The fourth-order valence-corrected chi connectivity index (χ4v) is 3.91. The van der Waals surface area contributed by atoms with E-state index in [0.717, 1.165) is 11.8 Å². The first kappa shape index (κ1) is 21.2. The Morgan fingerprint density at radius 2 is 1.75 bits per heavy atom. The van der Waals surface area contributed by atoms with Crippen LogP contribution in [0.25, 0.3) is 33.6 Å². The molecule has 0 spiro atoms. The number of anilines is 1. The minimum Gasteiger partial charge on any atom is -0.451 e. The molecule has 6 rings (SSSR count). The van der Waals surface area contributed by atoms with Gasteiger partial charge in [0.05, 0.1) is 23.0 Å². The first-order chi connectivity index (χ1) is 17.5. The maximum atomic E-state index is 13.0. The van der Waals surface area contributed by atoms with Gasteiger partial charge in [-0.2, -0.15) is 19.9 Å². The Balaban J connectivity index is 1.42. The van der Waals surface area contributed by atoms with Crippen LogP contribution >= 0.6 is 0 Å². The molecule has 176 valence electrons. The maximum absolute atomic E-state index is 13.0. The number of rotatable bonds is 4. The molecule has 0 bridgehead atoms. The molecule has 0 aliphatic carbocycles. The van der Waals surface area contributed by atoms with Gasteiger partial charge in [0.15, 0.2) is 16.8 Å². The zero-order chi connectivity index (χ0) is 24.8. The number of hydrogen-bond acceptors (Lipinski definition) is 7. The Bertz CT molecular complexity index is 1900. The molecular formula is C25H17N7O4. The van der Waals surface area contributed by atoms with Crippen molar-refractivity contribution < 1.29 is 9.21 Å². The third kappa shape index (κ3) is 3.55. The van der Waals surface area contributed by atoms with Gasteiger partial charge >= 0.3 is 0 Å². The SMILES string of the molecule is Cc1cc(NC(=O)c2cc(=O)c3ccccc3o2)n(-c2nc3c(cnn3-c3ccccc3)c(=O)[nH]2)n1. The van der Waals surface area contributed by atoms with E-state index in [2.05, 4.69) is 25.5 Å². The highest BCUT2D eigenvalue weighted by Gasteiger charge is 2.19. The summed E-state index contributed by atoms with van der Waals surface area (Å²) in [4.78, 5) is 45.5. The summed E-state index contributed by atoms with van der Waals surface area (Å²) in [6, 6.07) is 18.7. The van der Waals surface area contributed by atoms with E-state index in [1.807, 2.05) is 30.3 Å². The van der Waals surface area contributed by atoms with Gasteiger partial charge in [-0.3, -0.25) is 19.4 Å². The van der Waals surface area contributed by atoms with Crippen molar-refractivity contribution in [1.82, 2.24) is 29.5 Å². The van der Waals surface area contributed by atoms with Crippen molar-refractivity contribution in [2.24, 2.45) is 0 Å². The van der Waals surface area contributed by atoms with E-state index >= 15 is 0 Å². The molecule has 0 aliphatic heterocycles. The predicted octanol–water partition coefficient (Wildman–Crippen LogP) is 2.96. The van der Waals surface area contributed by atoms with E-state index in [-0.39, 0.29) is 23.0 Å². The highest BCUT2D eigenvalue weighted by Crippen LogP contribution is 2.19. The summed E-state index contributed by atoms with van der Waals surface area (Å²) in [5, 5.41) is 12.0. The third-order valence-corrected chi connectivity index (χ3v) is 5.56. The summed E-state index contributed by atoms with van der Waals surface area (Å²) >= 11 is 0. The average Bonchev–Trinajstić information content (AvgIpc) is 3.48. The third-order valence-electron chi connectivity index (χ3n) is 5.56. The number of aromatic amines is 1. The molecule has 0 aliphatic rings. The number of nitrogens with one attached hydrogen (secondary N) is 2. The van der Waals surface area contributed by atoms with Crippen LogP contribution in [0.5, 0.6) is 0 Å². The van der Waals surface area contributed by atoms with Crippen molar-refractivity contribution in [2.45, 2.75) is 6.92 Å². The number of benzene rings is 2. The summed E-state index contributed by atoms with van der Waals surface area (Å²) in [6.07, 6.45) is 1.44. The number of amides is 1. The Hall–Kier alpha value is -5.32. The van der Waals surface area contributed by atoms with Gasteiger partial charge in [0.1, 0.15) is 16.8 Å². The van der Waals surface area contributed by atoms with Crippen LogP contribution in [-0.4, -0.2) is 35.4 Å². The van der Waals surface area contributed by atoms with Gasteiger partial charge in [-0.15, -0.1) is 0 Å². The van der Waals surface area contributed by atoms with Crippen LogP contribution in [0.1, 0.15) is 16.2 Å². The summed E-state index contributed by atoms with van der Waals surface area (Å²) in [5.41, 5.74) is 1.16. The number of carbonyl (C=O) groups excluding carboxylic acids is 1. The molecule has 0 saturated heterocycles. The van der Waals surface area contributed by atoms with Gasteiger partial charge < -0.3 is 9.73 Å². The van der Waals surface area contributed by atoms with E-state index in [4.69, 9.17) is 4.42 Å². The van der Waals surface area contributed by atoms with Gasteiger partial charge in [-0.1, -0.05) is 30.3 Å². The molecule has 0 saturated carbocycles. The Morgan fingerprint density at radius 3 is 2.58 bits per heavy atom. The van der Waals surface area contributed by atoms with Crippen LogP contribution in [0.4, 0.5) is 5.82 Å². The summed E-state index contributed by atoms with van der Waals surface area (Å²) < 4.78 is 8.48. The predicted molar refractivity (Wildman–Crippen MR) is 132 cm³/mol. The molecule has 0 radical (unpaired) electrons. The van der Waals surface area contributed by atoms with Crippen molar-refractivity contribution in [3.63, 3.8) is 0 Å². The Morgan fingerprint density at radius 1 is 0.972 bits per heavy atom. The minimum absolute atomic E-state index is 0.0774. The first-order valence-corrected chi connectivity index (χ1v) is 10.9. The smallest absolute Gasteiger partial charge is 0.292 e. The van der Waals surface area contributed by atoms with Crippen molar-refractivity contribution in [3.8, 4) is 11.6 Å². The summed E-state index contributed by atoms with van der Waals surface area (Å²) in [5.74, 6) is -0.518. The molecule has 11 nitrogen and oxygen atoms in total. The van der Waals surface area contributed by atoms with E-state index < -0.39 is 11.5 Å². The lowest BCUT2D eigenvalue weighted by Crippen LogP contribution is -2.20. The molecule has 1 amide bonds. The molecule has 0 fully saturated rings. The van der Waals surface area contributed by atoms with Crippen LogP contribution in [0, 0.1) is 6.92 Å². The highest BCUT2D eigenvalue weighted by atomic mass is 16.3. The zero-order valence-electron chi connectivity index (χ0n) is 18.8. The van der Waals surface area contributed by atoms with Crippen molar-refractivity contribution >= 4 is 33.7 Å². The fourth-order valence-electron chi connectivity index (χ4n) is 3.91. The minimum atomic E-state index is -0.656. The molecule has 11 heteroatoms. The lowest BCUT2D eigenvalue weighted by atomic mass is 10.2. The molecule has 6 aromatic rings. The Kier molecular flexibility index (Phi) is 4.81. The molecular weight excluding hydrogens is 462 g/mol. The fraction of sp³-hybridized carbons (Fsp3) is 0.0400. The van der Waals surface area contributed by atoms with Gasteiger partial charge in [-0.05, 0) is 31.2 Å². The lowest BCUT2D eigenvalue weighted by molar-refractivity contribution is 0.0996. The zero-order valence-corrected chi connectivity index (χ0v) is 18.8. The van der Waals surface area contributed by atoms with Crippen LogP contribution in [-0.2, 0) is 0 Å². The van der Waals surface area contributed by atoms with Gasteiger partial charge in [0, 0.05) is 12.1 Å². The average molecular weight is 479 g/mol. The van der Waals surface area contributed by atoms with Crippen molar-refractivity contribution in [1.29, 1.82) is 0 Å². The van der Waals surface area contributed by atoms with Crippen LogP contribution in [0.2, 0.25) is 0 Å². The normalized spacial score (nSPS) is 11.2. The maximum Gasteiger partial charge on any atom is 0.292 e. The number of nitrogens with zero attached hydrogens (tertiary/aromatic N) is 5. The number of hydrogen-bond donors (Lipinski definition) is 2. The quantitative estimate of drug-likeness (QED) is 0.396. The number of carbonyl (C=O) groups is 1. The van der Waals surface area contributed by atoms with Crippen molar-refractivity contribution in [3.05, 3.63) is 105 Å². The van der Waals surface area contributed by atoms with Crippen LogP contribution in [0.15, 0.2) is 86.9 Å². The summed E-state index contributed by atoms with van der Waals surface area (Å²) in [6.45, 7) is 1.73. The molecule has 2 N–H and O–H groups in total. The second-order valence-electron chi connectivity index (χ2n) is 8.03. The van der Waals surface area contributed by atoms with Crippen molar-refractivity contribution in [2.75, 3.05) is 5.32 Å². The number of H-pyrrole nitrogens is 1. The molecule has 4 heterocycles. The van der Waals surface area contributed by atoms with Gasteiger partial charge in [0.25, 0.3) is 11.5 Å². The van der Waals surface area contributed by atoms with Crippen LogP contribution < -0.4 is 16.3 Å². The number of fused-ring (bicyclic) bond motifs is 2. The second-order valence-corrected chi connectivity index (χ2v) is 8.03. The number of para-hydroxylation sites is 2. The molecule has 0 atom stereocenters. The molecule has 0 unspecified atom stereocenters. The highest BCUT2D eigenvalue weighted by molar-refractivity contribution is 6.02. The van der Waals surface area contributed by atoms with E-state index in [1.165, 1.54) is 10.9 Å². The number of aryl methyl sites for hydroxylation is 1. The summed E-state index contributed by atoms with van der Waals surface area (Å²) in [7, 11) is 0. The standard InChI is InChI=1S/C25H17N7O4/c1-14-11-21(27-24(35)20-12-18(33)16-9-5-6-10-19(16)36-20)32(30-14)25-28-22-17(23(34)29-25)13-26-31(22)15-7-3-2-4-8-15/h2-13H,1H3,(H,27,35)(H,28,29,34). The van der Waals surface area contributed by atoms with E-state index in [0.29, 0.717) is 27.7 Å².